The van der Waals surface area contributed by atoms with Gasteiger partial charge in [0, 0.05) is 35.1 Å². The molecule has 2 aromatic rings. The Bertz CT molecular complexity index is 908. The van der Waals surface area contributed by atoms with Gasteiger partial charge in [0.2, 0.25) is 0 Å². The number of carboxylic acid groups (broad SMARTS) is 1. The van der Waals surface area contributed by atoms with Gasteiger partial charge in [-0.05, 0) is 55.9 Å². The molecule has 1 N–H and O–H groups in total. The number of ether oxygens (including phenoxy) is 2. The van der Waals surface area contributed by atoms with Crippen molar-refractivity contribution < 1.29 is 23.8 Å². The highest BCUT2D eigenvalue weighted by molar-refractivity contribution is 6.30. The predicted molar refractivity (Wildman–Crippen MR) is 138 cm³/mol. The fraction of sp³-hybridized carbons (Fsp3) is 0.536. The molecule has 1 saturated carbocycles. The van der Waals surface area contributed by atoms with E-state index < -0.39 is 11.8 Å². The van der Waals surface area contributed by atoms with E-state index in [0.717, 1.165) is 36.1 Å². The van der Waals surface area contributed by atoms with Gasteiger partial charge in [-0.15, -0.1) is 0 Å². The molecule has 0 amide bonds. The van der Waals surface area contributed by atoms with Crippen molar-refractivity contribution in [2.75, 3.05) is 0 Å². The number of fused-ring (bicyclic) bond motifs is 1. The second kappa shape index (κ2) is 14.9. The van der Waals surface area contributed by atoms with E-state index in [4.69, 9.17) is 26.2 Å². The average molecular weight is 495 g/mol. The van der Waals surface area contributed by atoms with Gasteiger partial charge in [0.05, 0.1) is 0 Å². The van der Waals surface area contributed by atoms with Gasteiger partial charge in [0.15, 0.2) is 0 Å². The van der Waals surface area contributed by atoms with Gasteiger partial charge in [0.25, 0.3) is 0 Å². The summed E-state index contributed by atoms with van der Waals surface area (Å²) in [5, 5.41) is 9.38. The molecule has 34 heavy (non-hydrogen) atoms. The van der Waals surface area contributed by atoms with E-state index >= 15 is 0 Å². The van der Waals surface area contributed by atoms with Gasteiger partial charge in [-0.3, -0.25) is 4.79 Å². The van der Waals surface area contributed by atoms with Crippen LogP contribution in [0.15, 0.2) is 30.3 Å². The first-order chi connectivity index (χ1) is 16.4. The predicted octanol–water partition coefficient (Wildman–Crippen LogP) is 8.40. The fourth-order valence-corrected chi connectivity index (χ4v) is 4.47. The summed E-state index contributed by atoms with van der Waals surface area (Å²) in [5.41, 5.74) is 2.24. The van der Waals surface area contributed by atoms with Crippen LogP contribution in [0.2, 0.25) is 5.02 Å². The molecule has 4 nitrogen and oxygen atoms in total. The van der Waals surface area contributed by atoms with Crippen LogP contribution in [0.3, 0.4) is 0 Å². The van der Waals surface area contributed by atoms with Crippen LogP contribution >= 0.6 is 11.6 Å². The Hall–Kier alpha value is -2.27. The van der Waals surface area contributed by atoms with E-state index in [9.17, 15) is 9.18 Å². The first-order valence-corrected chi connectivity index (χ1v) is 13.0. The smallest absolute Gasteiger partial charge is 0.303 e. The van der Waals surface area contributed by atoms with E-state index in [1.54, 1.807) is 12.1 Å². The fourth-order valence-electron chi connectivity index (χ4n) is 4.20. The van der Waals surface area contributed by atoms with Crippen molar-refractivity contribution in [2.24, 2.45) is 0 Å². The molecule has 1 aliphatic carbocycles. The monoisotopic (exact) mass is 494 g/mol. The molecular formula is C28H40ClFO4. The Balaban J connectivity index is 0.000000894. The van der Waals surface area contributed by atoms with Crippen molar-refractivity contribution >= 4 is 17.6 Å². The topological polar surface area (TPSA) is 55.8 Å². The minimum atomic E-state index is -0.949. The van der Waals surface area contributed by atoms with Crippen molar-refractivity contribution in [1.82, 2.24) is 0 Å². The minimum Gasteiger partial charge on any atom is -0.489 e. The Kier molecular flexibility index (Phi) is 13.0. The van der Waals surface area contributed by atoms with Crippen LogP contribution in [0.1, 0.15) is 90.3 Å². The van der Waals surface area contributed by atoms with Crippen LogP contribution in [0, 0.1) is 5.82 Å². The number of hydrogen-bond acceptors (Lipinski definition) is 3. The maximum atomic E-state index is 14.2. The third kappa shape index (κ3) is 7.90. The van der Waals surface area contributed by atoms with Gasteiger partial charge < -0.3 is 14.6 Å². The van der Waals surface area contributed by atoms with Crippen LogP contribution in [-0.2, 0) is 24.2 Å². The zero-order valence-electron chi connectivity index (χ0n) is 21.5. The molecule has 0 unspecified atom stereocenters. The van der Waals surface area contributed by atoms with Crippen molar-refractivity contribution in [3.05, 3.63) is 57.9 Å². The van der Waals surface area contributed by atoms with Crippen LogP contribution in [0.4, 0.5) is 4.39 Å². The number of carboxylic acids is 1. The molecular weight excluding hydrogens is 455 g/mol. The Labute approximate surface area is 209 Å². The second-order valence-electron chi connectivity index (χ2n) is 7.66. The van der Waals surface area contributed by atoms with E-state index in [1.807, 2.05) is 53.7 Å². The quantitative estimate of drug-likeness (QED) is 0.438. The number of carbonyl (C=O) groups is 1. The molecule has 1 fully saturated rings. The van der Waals surface area contributed by atoms with Gasteiger partial charge >= 0.3 is 5.97 Å². The number of benzene rings is 2. The summed E-state index contributed by atoms with van der Waals surface area (Å²) >= 11 is 6.29. The zero-order chi connectivity index (χ0) is 25.7. The van der Waals surface area contributed by atoms with Gasteiger partial charge in [-0.1, -0.05) is 59.2 Å². The summed E-state index contributed by atoms with van der Waals surface area (Å²) < 4.78 is 26.3. The van der Waals surface area contributed by atoms with Crippen molar-refractivity contribution in [2.45, 2.75) is 98.7 Å². The van der Waals surface area contributed by atoms with Crippen molar-refractivity contribution in [3.8, 4) is 11.5 Å². The Morgan fingerprint density at radius 1 is 1.06 bits per heavy atom. The second-order valence-corrected chi connectivity index (χ2v) is 8.09. The largest absolute Gasteiger partial charge is 0.489 e. The Morgan fingerprint density at radius 2 is 1.71 bits per heavy atom. The molecule has 4 rings (SSSR count). The van der Waals surface area contributed by atoms with Gasteiger partial charge in [-0.2, -0.15) is 0 Å². The van der Waals surface area contributed by atoms with E-state index in [0.29, 0.717) is 16.3 Å². The molecule has 0 saturated heterocycles. The third-order valence-corrected chi connectivity index (χ3v) is 5.80. The lowest BCUT2D eigenvalue weighted by atomic mass is 9.95. The number of halogens is 2. The molecule has 2 aliphatic rings. The summed E-state index contributed by atoms with van der Waals surface area (Å²) in [4.78, 5) is 10.7. The molecule has 1 spiro atoms. The summed E-state index contributed by atoms with van der Waals surface area (Å²) in [6.07, 6.45) is 5.40. The number of aryl methyl sites for hydroxylation is 1. The lowest BCUT2D eigenvalue weighted by molar-refractivity contribution is -0.136. The van der Waals surface area contributed by atoms with Crippen molar-refractivity contribution in [1.29, 1.82) is 0 Å². The van der Waals surface area contributed by atoms with E-state index in [-0.39, 0.29) is 25.0 Å². The molecule has 1 heterocycles. The lowest BCUT2D eigenvalue weighted by Gasteiger charge is -2.23. The normalized spacial score (nSPS) is 14.4. The average Bonchev–Trinajstić information content (AvgIpc) is 3.46. The standard InChI is InChI=1S/C22H22ClFO4.3C2H6/c23-17-9-15-12-22(7-1-2-8-22)28-21(15)16(10-17)13-27-18-5-3-14(19(24)11-18)4-6-20(25)26;3*1-2/h3,5,9-11H,1-2,4,6-8,12-13H2,(H,25,26);3*1-2H3. The minimum absolute atomic E-state index is 0.0976. The Morgan fingerprint density at radius 3 is 2.29 bits per heavy atom. The summed E-state index contributed by atoms with van der Waals surface area (Å²) in [5.74, 6) is -0.172. The summed E-state index contributed by atoms with van der Waals surface area (Å²) in [6.45, 7) is 12.2. The molecule has 0 radical (unpaired) electrons. The highest BCUT2D eigenvalue weighted by Gasteiger charge is 2.42. The van der Waals surface area contributed by atoms with Crippen LogP contribution in [0.25, 0.3) is 0 Å². The van der Waals surface area contributed by atoms with E-state index in [1.165, 1.54) is 18.9 Å². The SMILES string of the molecule is CC.CC.CC.O=C(O)CCc1ccc(OCc2cc(Cl)cc3c2OC2(CCCC2)C3)cc1F. The number of rotatable bonds is 6. The first kappa shape index (κ1) is 29.8. The maximum Gasteiger partial charge on any atom is 0.303 e. The molecule has 2 aromatic carbocycles. The zero-order valence-corrected chi connectivity index (χ0v) is 22.2. The molecule has 0 aromatic heterocycles. The third-order valence-electron chi connectivity index (χ3n) is 5.58. The lowest BCUT2D eigenvalue weighted by Crippen LogP contribution is -2.30. The first-order valence-electron chi connectivity index (χ1n) is 12.6. The molecule has 0 bridgehead atoms. The maximum absolute atomic E-state index is 14.2. The summed E-state index contributed by atoms with van der Waals surface area (Å²) in [6, 6.07) is 8.32. The highest BCUT2D eigenvalue weighted by atomic mass is 35.5. The molecule has 190 valence electrons. The highest BCUT2D eigenvalue weighted by Crippen LogP contribution is 2.47. The molecule has 1 aliphatic heterocycles. The number of aliphatic carboxylic acids is 1. The summed E-state index contributed by atoms with van der Waals surface area (Å²) in [7, 11) is 0. The molecule has 0 atom stereocenters. The van der Waals surface area contributed by atoms with Crippen molar-refractivity contribution in [3.63, 3.8) is 0 Å². The van der Waals surface area contributed by atoms with E-state index in [2.05, 4.69) is 0 Å². The van der Waals surface area contributed by atoms with Gasteiger partial charge in [0.1, 0.15) is 29.5 Å². The van der Waals surface area contributed by atoms with Gasteiger partial charge in [-0.25, -0.2) is 4.39 Å². The van der Waals surface area contributed by atoms with Crippen LogP contribution in [-0.4, -0.2) is 16.7 Å². The van der Waals surface area contributed by atoms with Crippen LogP contribution < -0.4 is 9.47 Å². The van der Waals surface area contributed by atoms with Crippen LogP contribution in [0.5, 0.6) is 11.5 Å². The molecule has 6 heteroatoms. The number of hydrogen-bond donors (Lipinski definition) is 1.